The van der Waals surface area contributed by atoms with Crippen molar-refractivity contribution in [3.8, 4) is 5.69 Å². The molecule has 102 valence electrons. The Morgan fingerprint density at radius 1 is 1.16 bits per heavy atom. The minimum Gasteiger partial charge on any atom is -0.357 e. The van der Waals surface area contributed by atoms with Crippen LogP contribution in [-0.2, 0) is 5.33 Å². The molecule has 0 saturated carbocycles. The molecule has 0 aliphatic carbocycles. The summed E-state index contributed by atoms with van der Waals surface area (Å²) in [4.78, 5) is 2.35. The normalized spacial score (nSPS) is 10.7. The number of alkyl halides is 1. The zero-order valence-electron chi connectivity index (χ0n) is 11.7. The van der Waals surface area contributed by atoms with Crippen LogP contribution >= 0.6 is 15.9 Å². The third-order valence-corrected chi connectivity index (χ3v) is 3.92. The molecule has 0 aliphatic heterocycles. The number of hydrogen-bond acceptors (Lipinski definition) is 2. The fourth-order valence-corrected chi connectivity index (χ4v) is 2.96. The van der Waals surface area contributed by atoms with Gasteiger partial charge in [0.1, 0.15) is 5.82 Å². The lowest BCUT2D eigenvalue weighted by atomic mass is 10.2. The van der Waals surface area contributed by atoms with E-state index in [1.165, 1.54) is 11.4 Å². The lowest BCUT2D eigenvalue weighted by molar-refractivity contribution is 0.779. The van der Waals surface area contributed by atoms with E-state index in [1.807, 2.05) is 18.2 Å². The van der Waals surface area contributed by atoms with Crippen LogP contribution in [0.4, 0.5) is 5.82 Å². The maximum atomic E-state index is 4.71. The van der Waals surface area contributed by atoms with E-state index in [-0.39, 0.29) is 0 Å². The molecular formula is C15H20BrN3. The highest BCUT2D eigenvalue weighted by molar-refractivity contribution is 9.08. The number of aryl methyl sites for hydroxylation is 1. The van der Waals surface area contributed by atoms with E-state index >= 15 is 0 Å². The van der Waals surface area contributed by atoms with Crippen molar-refractivity contribution in [3.05, 3.63) is 41.6 Å². The maximum absolute atomic E-state index is 4.71. The predicted molar refractivity (Wildman–Crippen MR) is 84.5 cm³/mol. The van der Waals surface area contributed by atoms with E-state index in [2.05, 4.69) is 58.4 Å². The monoisotopic (exact) mass is 321 g/mol. The smallest absolute Gasteiger partial charge is 0.136 e. The zero-order chi connectivity index (χ0) is 13.8. The molecule has 1 aromatic carbocycles. The summed E-state index contributed by atoms with van der Waals surface area (Å²) >= 11 is 3.59. The molecule has 1 heterocycles. The van der Waals surface area contributed by atoms with Crippen molar-refractivity contribution in [1.82, 2.24) is 9.78 Å². The average molecular weight is 322 g/mol. The molecule has 0 radical (unpaired) electrons. The van der Waals surface area contributed by atoms with Gasteiger partial charge in [0.05, 0.1) is 11.4 Å². The largest absolute Gasteiger partial charge is 0.357 e. The van der Waals surface area contributed by atoms with Crippen molar-refractivity contribution in [2.24, 2.45) is 0 Å². The highest BCUT2D eigenvalue weighted by Crippen LogP contribution is 2.28. The Balaban J connectivity index is 2.61. The molecule has 0 fully saturated rings. The molecule has 0 unspecified atom stereocenters. The number of nitrogens with zero attached hydrogens (tertiary/aromatic N) is 3. The Morgan fingerprint density at radius 2 is 1.79 bits per heavy atom. The molecular weight excluding hydrogens is 302 g/mol. The van der Waals surface area contributed by atoms with Crippen LogP contribution in [0.2, 0.25) is 0 Å². The van der Waals surface area contributed by atoms with Gasteiger partial charge in [0, 0.05) is 24.0 Å². The molecule has 2 aromatic rings. The lowest BCUT2D eigenvalue weighted by Gasteiger charge is -2.23. The van der Waals surface area contributed by atoms with Gasteiger partial charge in [0.15, 0.2) is 0 Å². The minimum absolute atomic E-state index is 0.831. The van der Waals surface area contributed by atoms with Crippen molar-refractivity contribution >= 4 is 21.7 Å². The van der Waals surface area contributed by atoms with Crippen LogP contribution in [0.25, 0.3) is 5.69 Å². The quantitative estimate of drug-likeness (QED) is 0.778. The van der Waals surface area contributed by atoms with Crippen LogP contribution < -0.4 is 4.90 Å². The van der Waals surface area contributed by atoms with Crippen LogP contribution in [-0.4, -0.2) is 22.9 Å². The zero-order valence-corrected chi connectivity index (χ0v) is 13.3. The molecule has 0 amide bonds. The van der Waals surface area contributed by atoms with Crippen LogP contribution in [0, 0.1) is 6.92 Å². The second-order valence-corrected chi connectivity index (χ2v) is 5.00. The Morgan fingerprint density at radius 3 is 2.32 bits per heavy atom. The van der Waals surface area contributed by atoms with Gasteiger partial charge < -0.3 is 4.90 Å². The Labute approximate surface area is 123 Å². The standard InChI is InChI=1S/C15H20BrN3/c1-4-18(5-2)15-14(11-16)12(3)17-19(15)13-9-7-6-8-10-13/h6-10H,4-5,11H2,1-3H3. The van der Waals surface area contributed by atoms with Crippen LogP contribution in [0.1, 0.15) is 25.1 Å². The molecule has 2 rings (SSSR count). The van der Waals surface area contributed by atoms with Gasteiger partial charge in [-0.25, -0.2) is 4.68 Å². The summed E-state index contributed by atoms with van der Waals surface area (Å²) < 4.78 is 2.05. The van der Waals surface area contributed by atoms with Gasteiger partial charge in [-0.15, -0.1) is 0 Å². The van der Waals surface area contributed by atoms with Crippen molar-refractivity contribution in [2.45, 2.75) is 26.1 Å². The second-order valence-electron chi connectivity index (χ2n) is 4.44. The van der Waals surface area contributed by atoms with Gasteiger partial charge in [0.25, 0.3) is 0 Å². The van der Waals surface area contributed by atoms with E-state index in [0.29, 0.717) is 0 Å². The molecule has 1 aromatic heterocycles. The van der Waals surface area contributed by atoms with Gasteiger partial charge in [-0.3, -0.25) is 0 Å². The Bertz CT molecular complexity index is 530. The number of halogens is 1. The molecule has 0 spiro atoms. The summed E-state index contributed by atoms with van der Waals surface area (Å²) in [5, 5.41) is 5.54. The summed E-state index contributed by atoms with van der Waals surface area (Å²) in [5.74, 6) is 1.20. The van der Waals surface area contributed by atoms with Crippen molar-refractivity contribution < 1.29 is 0 Å². The number of para-hydroxylation sites is 1. The number of benzene rings is 1. The first-order valence-corrected chi connectivity index (χ1v) is 7.79. The minimum atomic E-state index is 0.831. The van der Waals surface area contributed by atoms with Gasteiger partial charge in [-0.2, -0.15) is 5.10 Å². The van der Waals surface area contributed by atoms with Crippen LogP contribution in [0.5, 0.6) is 0 Å². The fraction of sp³-hybridized carbons (Fsp3) is 0.400. The molecule has 0 atom stereocenters. The molecule has 0 saturated heterocycles. The van der Waals surface area contributed by atoms with E-state index in [9.17, 15) is 0 Å². The third kappa shape index (κ3) is 2.68. The van der Waals surface area contributed by atoms with Crippen molar-refractivity contribution in [2.75, 3.05) is 18.0 Å². The van der Waals surface area contributed by atoms with E-state index in [4.69, 9.17) is 5.10 Å². The summed E-state index contributed by atoms with van der Waals surface area (Å²) in [6.45, 7) is 8.39. The number of rotatable bonds is 5. The number of hydrogen-bond donors (Lipinski definition) is 0. The molecule has 3 nitrogen and oxygen atoms in total. The molecule has 4 heteroatoms. The average Bonchev–Trinajstić information content (AvgIpc) is 2.78. The highest BCUT2D eigenvalue weighted by atomic mass is 79.9. The first-order chi connectivity index (χ1) is 9.22. The predicted octanol–water partition coefficient (Wildman–Crippen LogP) is 3.92. The molecule has 0 aliphatic rings. The van der Waals surface area contributed by atoms with Crippen LogP contribution in [0.15, 0.2) is 30.3 Å². The summed E-state index contributed by atoms with van der Waals surface area (Å²) in [6, 6.07) is 10.3. The van der Waals surface area contributed by atoms with Crippen molar-refractivity contribution in [3.63, 3.8) is 0 Å². The first kappa shape index (κ1) is 14.1. The molecule has 19 heavy (non-hydrogen) atoms. The Kier molecular flexibility index (Phi) is 4.64. The fourth-order valence-electron chi connectivity index (χ4n) is 2.30. The van der Waals surface area contributed by atoms with Gasteiger partial charge in [-0.05, 0) is 32.9 Å². The maximum Gasteiger partial charge on any atom is 0.136 e. The van der Waals surface area contributed by atoms with Crippen LogP contribution in [0.3, 0.4) is 0 Å². The molecule has 0 bridgehead atoms. The third-order valence-electron chi connectivity index (χ3n) is 3.35. The van der Waals surface area contributed by atoms with E-state index < -0.39 is 0 Å². The summed E-state index contributed by atoms with van der Waals surface area (Å²) in [7, 11) is 0. The number of anilines is 1. The topological polar surface area (TPSA) is 21.1 Å². The second kappa shape index (κ2) is 6.24. The van der Waals surface area contributed by atoms with Gasteiger partial charge >= 0.3 is 0 Å². The Hall–Kier alpha value is -1.29. The van der Waals surface area contributed by atoms with E-state index in [0.717, 1.165) is 29.8 Å². The first-order valence-electron chi connectivity index (χ1n) is 6.67. The lowest BCUT2D eigenvalue weighted by Crippen LogP contribution is -2.25. The SMILES string of the molecule is CCN(CC)c1c(CBr)c(C)nn1-c1ccccc1. The summed E-state index contributed by atoms with van der Waals surface area (Å²) in [5.41, 5.74) is 3.47. The molecule has 0 N–H and O–H groups in total. The number of aromatic nitrogens is 2. The summed E-state index contributed by atoms with van der Waals surface area (Å²) in [6.07, 6.45) is 0. The van der Waals surface area contributed by atoms with Gasteiger partial charge in [-0.1, -0.05) is 34.1 Å². The van der Waals surface area contributed by atoms with Gasteiger partial charge in [0.2, 0.25) is 0 Å². The van der Waals surface area contributed by atoms with E-state index in [1.54, 1.807) is 0 Å². The van der Waals surface area contributed by atoms with Crippen molar-refractivity contribution in [1.29, 1.82) is 0 Å². The highest BCUT2D eigenvalue weighted by Gasteiger charge is 2.19.